The van der Waals surface area contributed by atoms with Crippen molar-refractivity contribution in [2.75, 3.05) is 11.9 Å². The van der Waals surface area contributed by atoms with Crippen molar-refractivity contribution in [1.82, 2.24) is 14.9 Å². The number of anilines is 2. The molecule has 0 radical (unpaired) electrons. The van der Waals surface area contributed by atoms with Crippen molar-refractivity contribution in [3.05, 3.63) is 75.7 Å². The highest BCUT2D eigenvalue weighted by Gasteiger charge is 2.14. The molecule has 1 aromatic heterocycles. The van der Waals surface area contributed by atoms with Crippen LogP contribution in [0.25, 0.3) is 11.3 Å². The van der Waals surface area contributed by atoms with Crippen LogP contribution in [0.4, 0.5) is 11.5 Å². The van der Waals surface area contributed by atoms with E-state index in [1.54, 1.807) is 32.3 Å². The summed E-state index contributed by atoms with van der Waals surface area (Å²) >= 11 is 0. The maximum absolute atomic E-state index is 12.6. The minimum absolute atomic E-state index is 0.100. The quantitative estimate of drug-likeness (QED) is 0.430. The van der Waals surface area contributed by atoms with Crippen molar-refractivity contribution in [3.8, 4) is 11.3 Å². The van der Waals surface area contributed by atoms with Gasteiger partial charge in [-0.25, -0.2) is 4.98 Å². The Labute approximate surface area is 179 Å². The number of aromatic nitrogens is 2. The number of amides is 2. The van der Waals surface area contributed by atoms with Gasteiger partial charge >= 0.3 is 0 Å². The van der Waals surface area contributed by atoms with Gasteiger partial charge in [-0.1, -0.05) is 24.3 Å². The molecule has 2 aromatic carbocycles. The molecule has 0 fully saturated rings. The van der Waals surface area contributed by atoms with Crippen LogP contribution in [-0.4, -0.2) is 27.9 Å². The highest BCUT2D eigenvalue weighted by Crippen LogP contribution is 2.25. The molecule has 0 aliphatic carbocycles. The first kappa shape index (κ1) is 21.7. The monoisotopic (exact) mass is 420 g/mol. The number of nitrogens with zero attached hydrogens (tertiary/aromatic N) is 2. The van der Waals surface area contributed by atoms with Crippen LogP contribution in [-0.2, 0) is 18.4 Å². The van der Waals surface area contributed by atoms with E-state index in [-0.39, 0.29) is 17.9 Å². The number of rotatable bonds is 8. The molecule has 9 nitrogen and oxygen atoms in total. The Bertz CT molecular complexity index is 1180. The van der Waals surface area contributed by atoms with Crippen LogP contribution < -0.4 is 27.7 Å². The molecular weight excluding hydrogens is 396 g/mol. The lowest BCUT2D eigenvalue weighted by molar-refractivity contribution is -0.117. The summed E-state index contributed by atoms with van der Waals surface area (Å²) in [4.78, 5) is 39.6. The van der Waals surface area contributed by atoms with Crippen LogP contribution in [0, 0.1) is 6.92 Å². The number of primary amides is 2. The molecule has 0 saturated carbocycles. The van der Waals surface area contributed by atoms with Crippen molar-refractivity contribution < 1.29 is 9.59 Å². The van der Waals surface area contributed by atoms with Crippen molar-refractivity contribution in [1.29, 1.82) is 0 Å². The van der Waals surface area contributed by atoms with E-state index in [9.17, 15) is 14.4 Å². The van der Waals surface area contributed by atoms with Crippen molar-refractivity contribution >= 4 is 23.3 Å². The standard InChI is InChI=1S/C22H24N6O3/c1-13-16(4-3-5-17(13)20(24)30)18-12-28(2)22(31)21(27-18)26-15-8-6-14(7-9-15)10-25-11-19(23)29/h3-9,12,25H,10-11H2,1-2H3,(H2,23,29)(H2,24,30)(H,26,27). The Kier molecular flexibility index (Phi) is 6.46. The second-order valence-electron chi connectivity index (χ2n) is 7.12. The molecule has 0 atom stereocenters. The van der Waals surface area contributed by atoms with E-state index < -0.39 is 11.8 Å². The van der Waals surface area contributed by atoms with Crippen molar-refractivity contribution in [3.63, 3.8) is 0 Å². The fourth-order valence-corrected chi connectivity index (χ4v) is 3.17. The van der Waals surface area contributed by atoms with Crippen LogP contribution in [0.1, 0.15) is 21.5 Å². The molecule has 6 N–H and O–H groups in total. The Hall–Kier alpha value is -3.98. The van der Waals surface area contributed by atoms with E-state index in [2.05, 4.69) is 15.6 Å². The van der Waals surface area contributed by atoms with Crippen LogP contribution in [0.2, 0.25) is 0 Å². The summed E-state index contributed by atoms with van der Waals surface area (Å²) in [5, 5.41) is 5.99. The summed E-state index contributed by atoms with van der Waals surface area (Å²) in [6.45, 7) is 2.39. The zero-order chi connectivity index (χ0) is 22.5. The van der Waals surface area contributed by atoms with Gasteiger partial charge in [0.1, 0.15) is 0 Å². The third-order valence-electron chi connectivity index (χ3n) is 4.79. The summed E-state index contributed by atoms with van der Waals surface area (Å²) in [7, 11) is 1.64. The number of nitrogens with one attached hydrogen (secondary N) is 2. The highest BCUT2D eigenvalue weighted by molar-refractivity contribution is 5.96. The molecule has 1 heterocycles. The normalized spacial score (nSPS) is 10.6. The summed E-state index contributed by atoms with van der Waals surface area (Å²) in [6.07, 6.45) is 1.62. The molecule has 9 heteroatoms. The first-order chi connectivity index (χ1) is 14.8. The number of carbonyl (C=O) groups is 2. The number of hydrogen-bond donors (Lipinski definition) is 4. The Morgan fingerprint density at radius 2 is 1.81 bits per heavy atom. The van der Waals surface area contributed by atoms with Crippen LogP contribution in [0.15, 0.2) is 53.5 Å². The summed E-state index contributed by atoms with van der Waals surface area (Å²) < 4.78 is 1.43. The third-order valence-corrected chi connectivity index (χ3v) is 4.79. The lowest BCUT2D eigenvalue weighted by atomic mass is 10.00. The van der Waals surface area contributed by atoms with Crippen molar-refractivity contribution in [2.24, 2.45) is 18.5 Å². The van der Waals surface area contributed by atoms with Gasteiger partial charge in [0, 0.05) is 36.6 Å². The summed E-state index contributed by atoms with van der Waals surface area (Å²) in [5.41, 5.74) is 14.3. The predicted molar refractivity (Wildman–Crippen MR) is 119 cm³/mol. The van der Waals surface area contributed by atoms with Gasteiger partial charge in [0.15, 0.2) is 5.82 Å². The average Bonchev–Trinajstić information content (AvgIpc) is 2.72. The number of aryl methyl sites for hydroxylation is 1. The van der Waals surface area contributed by atoms with E-state index >= 15 is 0 Å². The van der Waals surface area contributed by atoms with Crippen LogP contribution >= 0.6 is 0 Å². The lowest BCUT2D eigenvalue weighted by Gasteiger charge is -2.13. The summed E-state index contributed by atoms with van der Waals surface area (Å²) in [6, 6.07) is 12.6. The Balaban J connectivity index is 1.87. The number of carbonyl (C=O) groups excluding carboxylic acids is 2. The number of benzene rings is 2. The van der Waals surface area contributed by atoms with E-state index in [1.165, 1.54) is 4.57 Å². The molecule has 31 heavy (non-hydrogen) atoms. The SMILES string of the molecule is Cc1c(C(N)=O)cccc1-c1cn(C)c(=O)c(Nc2ccc(CNCC(N)=O)cc2)n1. The van der Waals surface area contributed by atoms with E-state index in [0.29, 0.717) is 34.6 Å². The maximum atomic E-state index is 12.6. The topological polar surface area (TPSA) is 145 Å². The molecule has 3 aromatic rings. The minimum Gasteiger partial charge on any atom is -0.369 e. The predicted octanol–water partition coefficient (Wildman–Crippen LogP) is 1.17. The molecule has 3 rings (SSSR count). The Morgan fingerprint density at radius 3 is 2.45 bits per heavy atom. The molecule has 0 saturated heterocycles. The number of hydrogen-bond acceptors (Lipinski definition) is 6. The second kappa shape index (κ2) is 9.23. The van der Waals surface area contributed by atoms with Gasteiger partial charge in [-0.3, -0.25) is 14.4 Å². The smallest absolute Gasteiger partial charge is 0.293 e. The van der Waals surface area contributed by atoms with E-state index in [4.69, 9.17) is 11.5 Å². The molecule has 160 valence electrons. The zero-order valence-corrected chi connectivity index (χ0v) is 17.3. The minimum atomic E-state index is -0.520. The van der Waals surface area contributed by atoms with Gasteiger partial charge in [0.05, 0.1) is 12.2 Å². The van der Waals surface area contributed by atoms with Gasteiger partial charge in [-0.2, -0.15) is 0 Å². The molecular formula is C22H24N6O3. The molecule has 0 bridgehead atoms. The number of nitrogens with two attached hydrogens (primary N) is 2. The van der Waals surface area contributed by atoms with Crippen molar-refractivity contribution in [2.45, 2.75) is 13.5 Å². The Morgan fingerprint density at radius 1 is 1.10 bits per heavy atom. The first-order valence-electron chi connectivity index (χ1n) is 9.58. The molecule has 0 unspecified atom stereocenters. The zero-order valence-electron chi connectivity index (χ0n) is 17.3. The lowest BCUT2D eigenvalue weighted by Crippen LogP contribution is -2.28. The first-order valence-corrected chi connectivity index (χ1v) is 9.58. The second-order valence-corrected chi connectivity index (χ2v) is 7.12. The fraction of sp³-hybridized carbons (Fsp3) is 0.182. The molecule has 0 aliphatic rings. The highest BCUT2D eigenvalue weighted by atomic mass is 16.1. The fourth-order valence-electron chi connectivity index (χ4n) is 3.17. The molecule has 2 amide bonds. The van der Waals surface area contributed by atoms with Crippen LogP contribution in [0.5, 0.6) is 0 Å². The summed E-state index contributed by atoms with van der Waals surface area (Å²) in [5.74, 6) is -0.784. The molecule has 0 spiro atoms. The van der Waals surface area contributed by atoms with E-state index in [0.717, 1.165) is 5.56 Å². The van der Waals surface area contributed by atoms with Gasteiger partial charge in [0.2, 0.25) is 11.8 Å². The molecule has 0 aliphatic heterocycles. The third kappa shape index (κ3) is 5.14. The van der Waals surface area contributed by atoms with E-state index in [1.807, 2.05) is 30.3 Å². The average molecular weight is 420 g/mol. The van der Waals surface area contributed by atoms with Crippen LogP contribution in [0.3, 0.4) is 0 Å². The largest absolute Gasteiger partial charge is 0.369 e. The van der Waals surface area contributed by atoms with Gasteiger partial charge in [-0.05, 0) is 36.2 Å². The van der Waals surface area contributed by atoms with Gasteiger partial charge in [0.25, 0.3) is 5.56 Å². The maximum Gasteiger partial charge on any atom is 0.293 e. The van der Waals surface area contributed by atoms with Gasteiger partial charge < -0.3 is 26.7 Å². The van der Waals surface area contributed by atoms with Gasteiger partial charge in [-0.15, -0.1) is 0 Å².